The molecule has 3 rings (SSSR count). The minimum Gasteiger partial charge on any atom is -0.393 e. The second kappa shape index (κ2) is 9.79. The predicted octanol–water partition coefficient (Wildman–Crippen LogP) is 6.68. The van der Waals surface area contributed by atoms with Crippen LogP contribution in [-0.2, 0) is 9.47 Å². The van der Waals surface area contributed by atoms with E-state index in [1.165, 1.54) is 38.5 Å². The van der Waals surface area contributed by atoms with Crippen LogP contribution in [0, 0.1) is 46.3 Å². The topological polar surface area (TPSA) is 38.7 Å². The molecule has 2 aliphatic carbocycles. The molecule has 1 heterocycles. The zero-order valence-corrected chi connectivity index (χ0v) is 21.0. The number of ether oxygens (including phenoxy) is 2. The molecule has 3 nitrogen and oxygen atoms in total. The van der Waals surface area contributed by atoms with E-state index < -0.39 is 0 Å². The minimum atomic E-state index is -0.240. The first-order valence-corrected chi connectivity index (χ1v) is 12.9. The van der Waals surface area contributed by atoms with E-state index in [1.807, 2.05) is 0 Å². The maximum absolute atomic E-state index is 11.2. The Bertz CT molecular complexity index is 491. The molecule has 0 radical (unpaired) electrons. The highest BCUT2D eigenvalue weighted by Gasteiger charge is 2.48. The van der Waals surface area contributed by atoms with Crippen LogP contribution < -0.4 is 0 Å². The highest BCUT2D eigenvalue weighted by molar-refractivity contribution is 4.96. The first-order chi connectivity index (χ1) is 14.0. The molecular formula is C27H50O3. The van der Waals surface area contributed by atoms with Crippen LogP contribution in [0.2, 0.25) is 0 Å². The van der Waals surface area contributed by atoms with Gasteiger partial charge < -0.3 is 14.6 Å². The van der Waals surface area contributed by atoms with Gasteiger partial charge in [-0.3, -0.25) is 0 Å². The summed E-state index contributed by atoms with van der Waals surface area (Å²) in [7, 11) is 0. The predicted molar refractivity (Wildman–Crippen MR) is 124 cm³/mol. The molecule has 0 bridgehead atoms. The van der Waals surface area contributed by atoms with Gasteiger partial charge in [-0.05, 0) is 60.2 Å². The fourth-order valence-electron chi connectivity index (χ4n) is 6.70. The van der Waals surface area contributed by atoms with Crippen LogP contribution in [0.25, 0.3) is 0 Å². The highest BCUT2D eigenvalue weighted by Crippen LogP contribution is 2.50. The van der Waals surface area contributed by atoms with Gasteiger partial charge in [0.25, 0.3) is 0 Å². The quantitative estimate of drug-likeness (QED) is 0.549. The van der Waals surface area contributed by atoms with Gasteiger partial charge in [-0.1, -0.05) is 74.1 Å². The normalized spacial score (nSPS) is 41.6. The van der Waals surface area contributed by atoms with Crippen LogP contribution in [0.15, 0.2) is 0 Å². The lowest BCUT2D eigenvalue weighted by Crippen LogP contribution is -2.51. The van der Waals surface area contributed by atoms with Gasteiger partial charge in [0.1, 0.15) is 0 Å². The Morgan fingerprint density at radius 1 is 0.733 bits per heavy atom. The summed E-state index contributed by atoms with van der Waals surface area (Å²) in [6, 6.07) is 0. The van der Waals surface area contributed by atoms with Crippen molar-refractivity contribution in [3.8, 4) is 0 Å². The Morgan fingerprint density at radius 2 is 1.23 bits per heavy atom. The minimum absolute atomic E-state index is 0.0834. The Labute approximate surface area is 186 Å². The molecule has 3 aliphatic rings. The third-order valence-electron chi connectivity index (χ3n) is 8.75. The maximum Gasteiger partial charge on any atom is 0.160 e. The van der Waals surface area contributed by atoms with Gasteiger partial charge in [0.15, 0.2) is 6.29 Å². The summed E-state index contributed by atoms with van der Waals surface area (Å²) in [5.41, 5.74) is 0.186. The fourth-order valence-corrected chi connectivity index (χ4v) is 6.70. The summed E-state index contributed by atoms with van der Waals surface area (Å²) in [4.78, 5) is 0. The van der Waals surface area contributed by atoms with Crippen LogP contribution in [0.5, 0.6) is 0 Å². The van der Waals surface area contributed by atoms with Crippen LogP contribution in [0.3, 0.4) is 0 Å². The van der Waals surface area contributed by atoms with E-state index in [1.54, 1.807) is 0 Å². The van der Waals surface area contributed by atoms with Crippen molar-refractivity contribution in [3.63, 3.8) is 0 Å². The van der Waals surface area contributed by atoms with Crippen molar-refractivity contribution in [2.75, 3.05) is 13.2 Å². The molecule has 0 aromatic heterocycles. The Morgan fingerprint density at radius 3 is 1.67 bits per heavy atom. The number of aliphatic hydroxyl groups is 1. The first-order valence-electron chi connectivity index (χ1n) is 12.9. The Hall–Kier alpha value is -0.120. The molecule has 1 saturated heterocycles. The molecular weight excluding hydrogens is 372 g/mol. The smallest absolute Gasteiger partial charge is 0.160 e. The molecule has 30 heavy (non-hydrogen) atoms. The second-order valence-electron chi connectivity index (χ2n) is 13.0. The average Bonchev–Trinajstić information content (AvgIpc) is 2.67. The van der Waals surface area contributed by atoms with Crippen molar-refractivity contribution in [1.82, 2.24) is 0 Å². The Balaban J connectivity index is 1.57. The van der Waals surface area contributed by atoms with Gasteiger partial charge in [-0.15, -0.1) is 0 Å². The molecule has 0 aromatic rings. The van der Waals surface area contributed by atoms with Crippen LogP contribution in [0.4, 0.5) is 0 Å². The van der Waals surface area contributed by atoms with Crippen LogP contribution in [0.1, 0.15) is 99.8 Å². The third-order valence-corrected chi connectivity index (χ3v) is 8.75. The second-order valence-corrected chi connectivity index (χ2v) is 13.0. The molecule has 3 fully saturated rings. The van der Waals surface area contributed by atoms with E-state index in [2.05, 4.69) is 48.5 Å². The zero-order chi connectivity index (χ0) is 22.1. The van der Waals surface area contributed by atoms with Crippen molar-refractivity contribution in [3.05, 3.63) is 0 Å². The molecule has 0 spiro atoms. The lowest BCUT2D eigenvalue weighted by molar-refractivity contribution is -0.249. The maximum atomic E-state index is 11.2. The number of hydrogen-bond donors (Lipinski definition) is 1. The molecule has 0 amide bonds. The Kier molecular flexibility index (Phi) is 8.00. The van der Waals surface area contributed by atoms with Crippen molar-refractivity contribution in [1.29, 1.82) is 0 Å². The molecule has 3 heteroatoms. The van der Waals surface area contributed by atoms with Gasteiger partial charge >= 0.3 is 0 Å². The summed E-state index contributed by atoms with van der Waals surface area (Å²) in [5, 5.41) is 11.2. The van der Waals surface area contributed by atoms with Crippen molar-refractivity contribution in [2.45, 2.75) is 112 Å². The zero-order valence-electron chi connectivity index (χ0n) is 21.0. The SMILES string of the molecule is CCCC1CCC(C2COC(C3CC(C(C)(C)C)C(O)C(C(C)(C)C)C3)OC2)CC1. The fraction of sp³-hybridized carbons (Fsp3) is 1.00. The largest absolute Gasteiger partial charge is 0.393 e. The first kappa shape index (κ1) is 24.5. The van der Waals surface area contributed by atoms with E-state index >= 15 is 0 Å². The molecule has 1 N–H and O–H groups in total. The highest BCUT2D eigenvalue weighted by atomic mass is 16.7. The summed E-state index contributed by atoms with van der Waals surface area (Å²) >= 11 is 0. The van der Waals surface area contributed by atoms with E-state index in [4.69, 9.17) is 9.47 Å². The molecule has 0 aromatic carbocycles. The standard InChI is InChI=1S/C27H50O3/c1-8-9-18-10-12-19(13-11-18)21-16-29-25(30-17-21)20-14-22(26(2,3)4)24(28)23(15-20)27(5,6)7/h18-25,28H,8-17H2,1-7H3. The lowest BCUT2D eigenvalue weighted by Gasteiger charge is -2.51. The van der Waals surface area contributed by atoms with Gasteiger partial charge in [-0.25, -0.2) is 0 Å². The monoisotopic (exact) mass is 422 g/mol. The van der Waals surface area contributed by atoms with E-state index in [-0.39, 0.29) is 23.2 Å². The van der Waals surface area contributed by atoms with Gasteiger partial charge in [0.2, 0.25) is 0 Å². The summed E-state index contributed by atoms with van der Waals surface area (Å²) in [6.07, 6.45) is 9.96. The lowest BCUT2D eigenvalue weighted by atomic mass is 9.58. The van der Waals surface area contributed by atoms with E-state index in [9.17, 15) is 5.11 Å². The number of rotatable bonds is 4. The molecule has 176 valence electrons. The molecule has 2 saturated carbocycles. The van der Waals surface area contributed by atoms with Crippen molar-refractivity contribution < 1.29 is 14.6 Å². The molecule has 1 aliphatic heterocycles. The van der Waals surface area contributed by atoms with E-state index in [0.29, 0.717) is 23.7 Å². The van der Waals surface area contributed by atoms with Crippen LogP contribution >= 0.6 is 0 Å². The molecule has 2 unspecified atom stereocenters. The summed E-state index contributed by atoms with van der Waals surface area (Å²) in [6.45, 7) is 17.7. The van der Waals surface area contributed by atoms with Gasteiger partial charge in [0, 0.05) is 11.8 Å². The van der Waals surface area contributed by atoms with Crippen LogP contribution in [-0.4, -0.2) is 30.7 Å². The molecule has 2 atom stereocenters. The van der Waals surface area contributed by atoms with Crippen molar-refractivity contribution >= 4 is 0 Å². The number of hydrogen-bond acceptors (Lipinski definition) is 3. The summed E-state index contributed by atoms with van der Waals surface area (Å²) < 4.78 is 12.8. The summed E-state index contributed by atoms with van der Waals surface area (Å²) in [5.74, 6) is 3.30. The third kappa shape index (κ3) is 5.81. The number of aliphatic hydroxyl groups excluding tert-OH is 1. The van der Waals surface area contributed by atoms with E-state index in [0.717, 1.165) is 37.9 Å². The average molecular weight is 423 g/mol. The van der Waals surface area contributed by atoms with Gasteiger partial charge in [-0.2, -0.15) is 0 Å². The van der Waals surface area contributed by atoms with Crippen molar-refractivity contribution in [2.24, 2.45) is 46.3 Å². The van der Waals surface area contributed by atoms with Gasteiger partial charge in [0.05, 0.1) is 19.3 Å².